The Morgan fingerprint density at radius 3 is 2.44 bits per heavy atom. The number of benzene rings is 3. The Labute approximate surface area is 186 Å². The number of ketones is 1. The van der Waals surface area contributed by atoms with Gasteiger partial charge in [-0.1, -0.05) is 35.9 Å². The Balaban J connectivity index is 1.99. The minimum atomic E-state index is -0.922. The highest BCUT2D eigenvalue weighted by molar-refractivity contribution is 6.51. The van der Waals surface area contributed by atoms with Gasteiger partial charge in [-0.15, -0.1) is 0 Å². The van der Waals surface area contributed by atoms with E-state index in [1.807, 2.05) is 26.0 Å². The van der Waals surface area contributed by atoms with Crippen molar-refractivity contribution in [1.82, 2.24) is 0 Å². The molecule has 32 heavy (non-hydrogen) atoms. The summed E-state index contributed by atoms with van der Waals surface area (Å²) in [7, 11) is 1.51. The molecule has 0 bridgehead atoms. The second kappa shape index (κ2) is 8.23. The van der Waals surface area contributed by atoms with Crippen molar-refractivity contribution in [1.29, 1.82) is 0 Å². The van der Waals surface area contributed by atoms with Gasteiger partial charge in [-0.2, -0.15) is 0 Å². The molecule has 0 aliphatic carbocycles. The molecule has 1 unspecified atom stereocenters. The van der Waals surface area contributed by atoms with Gasteiger partial charge < -0.3 is 14.9 Å². The number of hydrogen-bond donors (Lipinski definition) is 2. The number of aryl methyl sites for hydroxylation is 2. The fourth-order valence-electron chi connectivity index (χ4n) is 4.01. The van der Waals surface area contributed by atoms with Crippen molar-refractivity contribution < 1.29 is 24.5 Å². The Hall–Kier alpha value is -4.06. The fraction of sp³-hybridized carbons (Fsp3) is 0.154. The summed E-state index contributed by atoms with van der Waals surface area (Å²) in [6.07, 6.45) is 0. The molecular weight excluding hydrogens is 406 g/mol. The summed E-state index contributed by atoms with van der Waals surface area (Å²) in [4.78, 5) is 27.7. The van der Waals surface area contributed by atoms with Gasteiger partial charge in [-0.3, -0.25) is 14.5 Å². The van der Waals surface area contributed by atoms with Crippen LogP contribution in [0.5, 0.6) is 11.5 Å². The number of rotatable bonds is 4. The molecule has 0 aromatic heterocycles. The summed E-state index contributed by atoms with van der Waals surface area (Å²) in [5, 5.41) is 21.4. The third kappa shape index (κ3) is 3.60. The number of nitrogens with zero attached hydrogens (tertiary/aromatic N) is 1. The maximum absolute atomic E-state index is 13.2. The zero-order valence-electron chi connectivity index (χ0n) is 18.0. The fourth-order valence-corrected chi connectivity index (χ4v) is 4.01. The maximum atomic E-state index is 13.2. The van der Waals surface area contributed by atoms with Gasteiger partial charge in [-0.05, 0) is 55.3 Å². The summed E-state index contributed by atoms with van der Waals surface area (Å²) < 4.78 is 5.28. The van der Waals surface area contributed by atoms with E-state index in [1.54, 1.807) is 42.5 Å². The van der Waals surface area contributed by atoms with Crippen LogP contribution in [0, 0.1) is 13.8 Å². The van der Waals surface area contributed by atoms with Crippen LogP contribution in [0.2, 0.25) is 0 Å². The topological polar surface area (TPSA) is 87.1 Å². The van der Waals surface area contributed by atoms with E-state index in [2.05, 4.69) is 0 Å². The summed E-state index contributed by atoms with van der Waals surface area (Å²) in [6, 6.07) is 17.8. The van der Waals surface area contributed by atoms with Crippen molar-refractivity contribution in [2.45, 2.75) is 19.9 Å². The lowest BCUT2D eigenvalue weighted by atomic mass is 9.93. The quantitative estimate of drug-likeness (QED) is 0.358. The van der Waals surface area contributed by atoms with E-state index < -0.39 is 17.7 Å². The van der Waals surface area contributed by atoms with Crippen LogP contribution in [-0.4, -0.2) is 29.0 Å². The highest BCUT2D eigenvalue weighted by Crippen LogP contribution is 2.43. The second-order valence-corrected chi connectivity index (χ2v) is 7.78. The highest BCUT2D eigenvalue weighted by Gasteiger charge is 2.47. The second-order valence-electron chi connectivity index (χ2n) is 7.78. The van der Waals surface area contributed by atoms with Crippen molar-refractivity contribution in [2.75, 3.05) is 12.0 Å². The molecule has 1 aliphatic heterocycles. The zero-order chi connectivity index (χ0) is 23.0. The smallest absolute Gasteiger partial charge is 0.300 e. The number of carbonyl (C=O) groups is 2. The predicted molar refractivity (Wildman–Crippen MR) is 122 cm³/mol. The van der Waals surface area contributed by atoms with Crippen LogP contribution in [0.1, 0.15) is 28.3 Å². The Morgan fingerprint density at radius 2 is 1.72 bits per heavy atom. The molecule has 6 heteroatoms. The summed E-state index contributed by atoms with van der Waals surface area (Å²) in [5.41, 5.74) is 3.08. The summed E-state index contributed by atoms with van der Waals surface area (Å²) >= 11 is 0. The standard InChI is InChI=1S/C26H23NO5/c1-15-10-11-16(2)21(12-15)24(29)22-23(17-6-4-8-19(28)13-17)27(26(31)25(22)30)18-7-5-9-20(14-18)32-3/h4-14,23,28-29H,1-3H3/b24-22+. The first-order valence-electron chi connectivity index (χ1n) is 10.1. The van der Waals surface area contributed by atoms with Crippen LogP contribution < -0.4 is 9.64 Å². The average molecular weight is 429 g/mol. The molecule has 3 aromatic rings. The number of phenolic OH excluding ortho intramolecular Hbond substituents is 1. The van der Waals surface area contributed by atoms with Gasteiger partial charge in [0.05, 0.1) is 18.7 Å². The van der Waals surface area contributed by atoms with E-state index in [-0.39, 0.29) is 17.1 Å². The number of anilines is 1. The normalized spacial score (nSPS) is 17.6. The van der Waals surface area contributed by atoms with Crippen LogP contribution in [0.25, 0.3) is 5.76 Å². The van der Waals surface area contributed by atoms with Gasteiger partial charge in [-0.25, -0.2) is 0 Å². The molecule has 0 radical (unpaired) electrons. The summed E-state index contributed by atoms with van der Waals surface area (Å²) in [6.45, 7) is 3.72. The first-order valence-corrected chi connectivity index (χ1v) is 10.1. The van der Waals surface area contributed by atoms with Gasteiger partial charge in [0.1, 0.15) is 17.3 Å². The van der Waals surface area contributed by atoms with E-state index in [0.717, 1.165) is 11.1 Å². The van der Waals surface area contributed by atoms with E-state index in [0.29, 0.717) is 22.6 Å². The monoisotopic (exact) mass is 429 g/mol. The van der Waals surface area contributed by atoms with Gasteiger partial charge in [0.25, 0.3) is 11.7 Å². The molecule has 1 saturated heterocycles. The summed E-state index contributed by atoms with van der Waals surface area (Å²) in [5.74, 6) is -1.29. The molecular formula is C26H23NO5. The van der Waals surface area contributed by atoms with Crippen LogP contribution in [0.3, 0.4) is 0 Å². The number of aromatic hydroxyl groups is 1. The third-order valence-corrected chi connectivity index (χ3v) is 5.61. The van der Waals surface area contributed by atoms with Gasteiger partial charge >= 0.3 is 0 Å². The largest absolute Gasteiger partial charge is 0.508 e. The molecule has 4 rings (SSSR count). The molecule has 3 aromatic carbocycles. The number of ether oxygens (including phenoxy) is 1. The van der Waals surface area contributed by atoms with Crippen LogP contribution in [0.4, 0.5) is 5.69 Å². The maximum Gasteiger partial charge on any atom is 0.300 e. The van der Waals surface area contributed by atoms with Crippen molar-refractivity contribution >= 4 is 23.1 Å². The molecule has 2 N–H and O–H groups in total. The number of Topliss-reactive ketones (excluding diaryl/α,β-unsaturated/α-hetero) is 1. The number of aliphatic hydroxyl groups is 1. The Morgan fingerprint density at radius 1 is 0.969 bits per heavy atom. The number of aliphatic hydroxyl groups excluding tert-OH is 1. The minimum Gasteiger partial charge on any atom is -0.508 e. The minimum absolute atomic E-state index is 0.00883. The van der Waals surface area contributed by atoms with Crippen LogP contribution >= 0.6 is 0 Å². The molecule has 162 valence electrons. The number of methoxy groups -OCH3 is 1. The van der Waals surface area contributed by atoms with E-state index in [4.69, 9.17) is 4.74 Å². The molecule has 1 aliphatic rings. The van der Waals surface area contributed by atoms with Gasteiger partial charge in [0, 0.05) is 17.3 Å². The lowest BCUT2D eigenvalue weighted by Gasteiger charge is -2.26. The van der Waals surface area contributed by atoms with Crippen molar-refractivity contribution in [3.8, 4) is 11.5 Å². The lowest BCUT2D eigenvalue weighted by Crippen LogP contribution is -2.29. The lowest BCUT2D eigenvalue weighted by molar-refractivity contribution is -0.132. The van der Waals surface area contributed by atoms with Gasteiger partial charge in [0.2, 0.25) is 0 Å². The molecule has 1 amide bonds. The first kappa shape index (κ1) is 21.2. The third-order valence-electron chi connectivity index (χ3n) is 5.61. The molecule has 0 saturated carbocycles. The Bertz CT molecular complexity index is 1260. The van der Waals surface area contributed by atoms with Crippen molar-refractivity contribution in [2.24, 2.45) is 0 Å². The SMILES string of the molecule is COc1cccc(N2C(=O)C(=O)/C(=C(/O)c3cc(C)ccc3C)C2c2cccc(O)c2)c1. The number of amides is 1. The average Bonchev–Trinajstić information content (AvgIpc) is 3.05. The van der Waals surface area contributed by atoms with E-state index >= 15 is 0 Å². The van der Waals surface area contributed by atoms with Crippen molar-refractivity contribution in [3.63, 3.8) is 0 Å². The van der Waals surface area contributed by atoms with Crippen LogP contribution in [-0.2, 0) is 9.59 Å². The number of carbonyl (C=O) groups excluding carboxylic acids is 2. The van der Waals surface area contributed by atoms with Crippen molar-refractivity contribution in [3.05, 3.63) is 94.6 Å². The molecule has 1 atom stereocenters. The van der Waals surface area contributed by atoms with Crippen LogP contribution in [0.15, 0.2) is 72.3 Å². The van der Waals surface area contributed by atoms with E-state index in [1.165, 1.54) is 24.1 Å². The number of phenols is 1. The molecule has 1 heterocycles. The molecule has 6 nitrogen and oxygen atoms in total. The highest BCUT2D eigenvalue weighted by atomic mass is 16.5. The Kier molecular flexibility index (Phi) is 5.45. The molecule has 1 fully saturated rings. The number of hydrogen-bond acceptors (Lipinski definition) is 5. The predicted octanol–water partition coefficient (Wildman–Crippen LogP) is 4.64. The zero-order valence-corrected chi connectivity index (χ0v) is 18.0. The van der Waals surface area contributed by atoms with E-state index in [9.17, 15) is 19.8 Å². The van der Waals surface area contributed by atoms with Gasteiger partial charge in [0.15, 0.2) is 0 Å². The molecule has 0 spiro atoms. The first-order chi connectivity index (χ1) is 15.3.